The van der Waals surface area contributed by atoms with Crippen LogP contribution in [0.25, 0.3) is 0 Å². The van der Waals surface area contributed by atoms with Crippen LogP contribution in [-0.2, 0) is 16.1 Å². The molecule has 6 nitrogen and oxygen atoms in total. The number of rotatable bonds is 5. The fourth-order valence-corrected chi connectivity index (χ4v) is 5.45. The zero-order valence-electron chi connectivity index (χ0n) is 16.7. The highest BCUT2D eigenvalue weighted by Crippen LogP contribution is 2.59. The topological polar surface area (TPSA) is 61.9 Å². The summed E-state index contributed by atoms with van der Waals surface area (Å²) in [7, 11) is 0. The molecule has 2 saturated heterocycles. The van der Waals surface area contributed by atoms with Gasteiger partial charge in [0.05, 0.1) is 6.61 Å². The molecule has 0 radical (unpaired) electrons. The fraction of sp³-hybridized carbons (Fsp3) is 0.714. The number of nitrogens with zero attached hydrogens (tertiary/aromatic N) is 2. The lowest BCUT2D eigenvalue weighted by molar-refractivity contribution is -0.124. The van der Waals surface area contributed by atoms with Crippen molar-refractivity contribution in [1.82, 2.24) is 15.1 Å². The second-order valence-corrected chi connectivity index (χ2v) is 9.28. The summed E-state index contributed by atoms with van der Waals surface area (Å²) < 4.78 is 5.06. The van der Waals surface area contributed by atoms with Crippen LogP contribution in [0, 0.1) is 11.3 Å². The number of hydrogen-bond acceptors (Lipinski definition) is 5. The lowest BCUT2D eigenvalue weighted by Crippen LogP contribution is -2.47. The maximum absolute atomic E-state index is 12.8. The van der Waals surface area contributed by atoms with Gasteiger partial charge in [0.2, 0.25) is 5.91 Å². The molecule has 2 aliphatic heterocycles. The number of ether oxygens (including phenoxy) is 1. The van der Waals surface area contributed by atoms with E-state index in [0.717, 1.165) is 51.7 Å². The van der Waals surface area contributed by atoms with Crippen molar-refractivity contribution in [2.45, 2.75) is 51.6 Å². The zero-order chi connectivity index (χ0) is 19.6. The van der Waals surface area contributed by atoms with Crippen LogP contribution in [0.3, 0.4) is 0 Å². The molecular formula is C21H31N3O3S. The van der Waals surface area contributed by atoms with Crippen LogP contribution in [0.1, 0.15) is 44.6 Å². The first-order chi connectivity index (χ1) is 13.6. The van der Waals surface area contributed by atoms with E-state index >= 15 is 0 Å². The number of thiophene rings is 1. The van der Waals surface area contributed by atoms with Crippen LogP contribution < -0.4 is 5.32 Å². The highest BCUT2D eigenvalue weighted by Gasteiger charge is 2.58. The third-order valence-corrected chi connectivity index (χ3v) is 7.44. The summed E-state index contributed by atoms with van der Waals surface area (Å²) in [6.07, 6.45) is 4.72. The second kappa shape index (κ2) is 8.41. The van der Waals surface area contributed by atoms with Crippen molar-refractivity contribution in [2.75, 3.05) is 32.8 Å². The number of hydrogen-bond donors (Lipinski definition) is 1. The number of carbonyl (C=O) groups excluding carboxylic acids is 2. The summed E-state index contributed by atoms with van der Waals surface area (Å²) >= 11 is 1.76. The summed E-state index contributed by atoms with van der Waals surface area (Å²) in [6, 6.07) is 2.39. The van der Waals surface area contributed by atoms with Gasteiger partial charge in [0, 0.05) is 31.6 Å². The van der Waals surface area contributed by atoms with Gasteiger partial charge in [-0.1, -0.05) is 0 Å². The van der Waals surface area contributed by atoms with Crippen LogP contribution in [0.4, 0.5) is 4.79 Å². The van der Waals surface area contributed by atoms with Crippen LogP contribution in [0.15, 0.2) is 16.8 Å². The Balaban J connectivity index is 1.19. The Morgan fingerprint density at radius 2 is 2.00 bits per heavy atom. The Labute approximate surface area is 171 Å². The molecule has 0 aromatic carbocycles. The minimum Gasteiger partial charge on any atom is -0.450 e. The van der Waals surface area contributed by atoms with E-state index in [1.807, 2.05) is 6.92 Å². The molecule has 4 rings (SSSR count). The third kappa shape index (κ3) is 4.35. The van der Waals surface area contributed by atoms with Gasteiger partial charge in [-0.2, -0.15) is 11.3 Å². The summed E-state index contributed by atoms with van der Waals surface area (Å²) in [4.78, 5) is 28.8. The van der Waals surface area contributed by atoms with Crippen molar-refractivity contribution < 1.29 is 14.3 Å². The number of amides is 2. The molecule has 3 heterocycles. The lowest BCUT2D eigenvalue weighted by Gasteiger charge is -2.33. The molecular weight excluding hydrogens is 374 g/mol. The number of likely N-dealkylation sites (tertiary alicyclic amines) is 2. The van der Waals surface area contributed by atoms with Gasteiger partial charge in [-0.15, -0.1) is 0 Å². The predicted molar refractivity (Wildman–Crippen MR) is 109 cm³/mol. The largest absolute Gasteiger partial charge is 0.450 e. The minimum absolute atomic E-state index is 0.189. The molecule has 2 amide bonds. The summed E-state index contributed by atoms with van der Waals surface area (Å²) in [5.74, 6) is 0.430. The van der Waals surface area contributed by atoms with Gasteiger partial charge < -0.3 is 15.0 Å². The molecule has 1 N–H and O–H groups in total. The highest BCUT2D eigenvalue weighted by atomic mass is 32.1. The van der Waals surface area contributed by atoms with E-state index in [1.165, 1.54) is 5.56 Å². The second-order valence-electron chi connectivity index (χ2n) is 8.50. The zero-order valence-corrected chi connectivity index (χ0v) is 17.5. The summed E-state index contributed by atoms with van der Waals surface area (Å²) in [5.41, 5.74) is 1.65. The van der Waals surface area contributed by atoms with Gasteiger partial charge in [-0.05, 0) is 79.9 Å². The predicted octanol–water partition coefficient (Wildman–Crippen LogP) is 3.09. The average molecular weight is 406 g/mol. The van der Waals surface area contributed by atoms with Crippen LogP contribution in [-0.4, -0.2) is 60.6 Å². The minimum atomic E-state index is -0.234. The van der Waals surface area contributed by atoms with E-state index in [2.05, 4.69) is 27.0 Å². The molecule has 1 atom stereocenters. The van der Waals surface area contributed by atoms with Gasteiger partial charge in [-0.3, -0.25) is 9.69 Å². The monoisotopic (exact) mass is 405 g/mol. The Bertz CT molecular complexity index is 677. The standard InChI is InChI=1S/C21H31N3O3S/c1-2-27-20(26)24-8-3-17(4-9-24)22-19(25)18-13-21(18)6-10-23(11-7-21)14-16-5-12-28-15-16/h5,12,15,17-18H,2-4,6-11,13-14H2,1H3,(H,22,25)/t18-/m0/s1. The third-order valence-electron chi connectivity index (χ3n) is 6.71. The molecule has 28 heavy (non-hydrogen) atoms. The summed E-state index contributed by atoms with van der Waals surface area (Å²) in [6.45, 7) is 6.78. The molecule has 1 aromatic heterocycles. The van der Waals surface area contributed by atoms with E-state index in [0.29, 0.717) is 19.7 Å². The number of carbonyl (C=O) groups is 2. The van der Waals surface area contributed by atoms with Crippen LogP contribution >= 0.6 is 11.3 Å². The van der Waals surface area contributed by atoms with E-state index in [4.69, 9.17) is 4.74 Å². The van der Waals surface area contributed by atoms with Crippen molar-refractivity contribution >= 4 is 23.3 Å². The maximum Gasteiger partial charge on any atom is 0.409 e. The van der Waals surface area contributed by atoms with Gasteiger partial charge in [0.1, 0.15) is 0 Å². The number of piperidine rings is 2. The Morgan fingerprint density at radius 3 is 2.64 bits per heavy atom. The fourth-order valence-electron chi connectivity index (χ4n) is 4.79. The van der Waals surface area contributed by atoms with Gasteiger partial charge >= 0.3 is 6.09 Å². The van der Waals surface area contributed by atoms with E-state index in [-0.39, 0.29) is 29.4 Å². The SMILES string of the molecule is CCOC(=O)N1CCC(NC(=O)[C@@H]2CC23CCN(Cc2ccsc2)CC3)CC1. The van der Waals surface area contributed by atoms with E-state index in [1.54, 1.807) is 16.2 Å². The lowest BCUT2D eigenvalue weighted by atomic mass is 9.90. The molecule has 1 aliphatic carbocycles. The van der Waals surface area contributed by atoms with E-state index < -0.39 is 0 Å². The maximum atomic E-state index is 12.8. The highest BCUT2D eigenvalue weighted by molar-refractivity contribution is 7.07. The Kier molecular flexibility index (Phi) is 5.92. The van der Waals surface area contributed by atoms with Crippen molar-refractivity contribution in [3.63, 3.8) is 0 Å². The van der Waals surface area contributed by atoms with Gasteiger partial charge in [-0.25, -0.2) is 4.79 Å². The van der Waals surface area contributed by atoms with Crippen molar-refractivity contribution in [1.29, 1.82) is 0 Å². The summed E-state index contributed by atoms with van der Waals surface area (Å²) in [5, 5.41) is 7.63. The van der Waals surface area contributed by atoms with Crippen molar-refractivity contribution in [2.24, 2.45) is 11.3 Å². The van der Waals surface area contributed by atoms with Crippen LogP contribution in [0.2, 0.25) is 0 Å². The number of nitrogens with one attached hydrogen (secondary N) is 1. The quantitative estimate of drug-likeness (QED) is 0.818. The molecule has 0 unspecified atom stereocenters. The molecule has 1 saturated carbocycles. The van der Waals surface area contributed by atoms with Crippen LogP contribution in [0.5, 0.6) is 0 Å². The normalized spacial score (nSPS) is 24.9. The molecule has 1 aromatic rings. The first kappa shape index (κ1) is 19.7. The molecule has 154 valence electrons. The van der Waals surface area contributed by atoms with Crippen molar-refractivity contribution in [3.8, 4) is 0 Å². The molecule has 0 bridgehead atoms. The van der Waals surface area contributed by atoms with Crippen molar-refractivity contribution in [3.05, 3.63) is 22.4 Å². The molecule has 3 aliphatic rings. The smallest absolute Gasteiger partial charge is 0.409 e. The first-order valence-electron chi connectivity index (χ1n) is 10.5. The average Bonchev–Trinajstić information content (AvgIpc) is 3.15. The molecule has 1 spiro atoms. The first-order valence-corrected chi connectivity index (χ1v) is 11.5. The molecule has 3 fully saturated rings. The van der Waals surface area contributed by atoms with Gasteiger partial charge in [0.25, 0.3) is 0 Å². The Morgan fingerprint density at radius 1 is 1.25 bits per heavy atom. The molecule has 7 heteroatoms. The Hall–Kier alpha value is -1.60. The van der Waals surface area contributed by atoms with E-state index in [9.17, 15) is 9.59 Å². The van der Waals surface area contributed by atoms with Gasteiger partial charge in [0.15, 0.2) is 0 Å².